The van der Waals surface area contributed by atoms with Crippen molar-refractivity contribution in [1.82, 2.24) is 0 Å². The van der Waals surface area contributed by atoms with E-state index in [1.807, 2.05) is 0 Å². The quantitative estimate of drug-likeness (QED) is 0.389. The van der Waals surface area contributed by atoms with E-state index in [-0.39, 0.29) is 29.1 Å². The fraction of sp³-hybridized carbons (Fsp3) is 0.429. The zero-order valence-corrected chi connectivity index (χ0v) is 9.06. The van der Waals surface area contributed by atoms with Crippen LogP contribution in [0.1, 0.15) is 0 Å². The number of hydrogen-bond acceptors (Lipinski definition) is 3. The molecule has 0 aromatic rings. The largest absolute Gasteiger partial charge is 2.00 e. The van der Waals surface area contributed by atoms with Crippen LogP contribution in [0.4, 0.5) is 0 Å². The van der Waals surface area contributed by atoms with Crippen LogP contribution in [0.5, 0.6) is 0 Å². The molecular weight excluding hydrogens is 180 g/mol. The third-order valence-electron chi connectivity index (χ3n) is 0.236. The van der Waals surface area contributed by atoms with Crippen LogP contribution in [0.15, 0.2) is 12.8 Å². The summed E-state index contributed by atoms with van der Waals surface area (Å²) in [6.45, 7) is 7.15. The van der Waals surface area contributed by atoms with Crippen molar-refractivity contribution < 1.29 is 36.7 Å². The van der Waals surface area contributed by atoms with Gasteiger partial charge in [0.1, 0.15) is 0 Å². The van der Waals surface area contributed by atoms with E-state index in [4.69, 9.17) is 10.2 Å². The minimum atomic E-state index is 0. The van der Waals surface area contributed by atoms with Crippen LogP contribution in [0.25, 0.3) is 0 Å². The predicted octanol–water partition coefficient (Wildman–Crippen LogP) is 0.645. The van der Waals surface area contributed by atoms with Crippen LogP contribution in [0.3, 0.4) is 0 Å². The second-order valence-electron chi connectivity index (χ2n) is 0.537. The maximum absolute atomic E-state index is 7.00. The molecule has 0 unspecified atom stereocenters. The summed E-state index contributed by atoms with van der Waals surface area (Å²) in [6, 6.07) is 0. The molecule has 0 heterocycles. The Morgan fingerprint density at radius 2 is 1.64 bits per heavy atom. The molecule has 4 heteroatoms. The van der Waals surface area contributed by atoms with Gasteiger partial charge in [0.2, 0.25) is 0 Å². The maximum atomic E-state index is 7.00. The average Bonchev–Trinajstić information content (AvgIpc) is 1.98. The average molecular weight is 198 g/mol. The van der Waals surface area contributed by atoms with E-state index >= 15 is 0 Å². The minimum absolute atomic E-state index is 0. The summed E-state index contributed by atoms with van der Waals surface area (Å²) in [5, 5.41) is 14.0. The van der Waals surface area contributed by atoms with Crippen molar-refractivity contribution in [3.05, 3.63) is 27.2 Å². The summed E-state index contributed by atoms with van der Waals surface area (Å²) < 4.78 is 4.49. The standard InChI is InChI=1S/C4H7O.2CH4O.CH3.Ti/c1-3-5-4-2;2*1-2;;/h3H,1-2,4H2;2*2H,1H3;1H3;/q-1;;;-1;+2. The Morgan fingerprint density at radius 3 is 1.64 bits per heavy atom. The molecule has 0 atom stereocenters. The van der Waals surface area contributed by atoms with Crippen LogP contribution in [0.2, 0.25) is 0 Å². The van der Waals surface area contributed by atoms with Gasteiger partial charge in [-0.3, -0.25) is 0 Å². The minimum Gasteiger partial charge on any atom is -0.534 e. The zero-order chi connectivity index (χ0) is 8.12. The number of aliphatic hydroxyl groups excluding tert-OH is 2. The summed E-state index contributed by atoms with van der Waals surface area (Å²) in [6.07, 6.45) is 1.37. The Hall–Kier alpha value is 0.174. The van der Waals surface area contributed by atoms with Crippen molar-refractivity contribution in [1.29, 1.82) is 0 Å². The first-order valence-corrected chi connectivity index (χ1v) is 2.33. The first kappa shape index (κ1) is 30.3. The van der Waals surface area contributed by atoms with E-state index in [9.17, 15) is 0 Å². The van der Waals surface area contributed by atoms with Crippen molar-refractivity contribution in [2.24, 2.45) is 0 Å². The molecule has 0 aliphatic rings. The number of ether oxygens (including phenoxy) is 1. The topological polar surface area (TPSA) is 49.7 Å². The molecular formula is C7H18O3Ti. The van der Waals surface area contributed by atoms with Gasteiger partial charge in [0.05, 0.1) is 6.26 Å². The SMILES string of the molecule is C=COC[CH2-].CO.CO.[CH3-].[Ti+2]. The van der Waals surface area contributed by atoms with Gasteiger partial charge in [-0.1, -0.05) is 6.58 Å². The monoisotopic (exact) mass is 198 g/mol. The Bertz CT molecular complexity index is 34.9. The number of hydrogen-bond donors (Lipinski definition) is 2. The van der Waals surface area contributed by atoms with Crippen LogP contribution in [0, 0.1) is 14.4 Å². The van der Waals surface area contributed by atoms with Crippen LogP contribution in [-0.4, -0.2) is 31.0 Å². The van der Waals surface area contributed by atoms with Crippen molar-refractivity contribution in [2.75, 3.05) is 20.8 Å². The molecule has 0 amide bonds. The van der Waals surface area contributed by atoms with Gasteiger partial charge in [0, 0.05) is 14.2 Å². The molecule has 11 heavy (non-hydrogen) atoms. The molecule has 0 aliphatic heterocycles. The van der Waals surface area contributed by atoms with Gasteiger partial charge in [-0.25, -0.2) is 0 Å². The maximum Gasteiger partial charge on any atom is 2.00 e. The molecule has 0 rings (SSSR count). The van der Waals surface area contributed by atoms with E-state index < -0.39 is 0 Å². The van der Waals surface area contributed by atoms with Crippen molar-refractivity contribution in [2.45, 2.75) is 0 Å². The number of rotatable bonds is 2. The van der Waals surface area contributed by atoms with Crippen molar-refractivity contribution in [3.8, 4) is 0 Å². The Kier molecular flexibility index (Phi) is 234. The number of aliphatic hydroxyl groups is 2. The van der Waals surface area contributed by atoms with Gasteiger partial charge >= 0.3 is 21.7 Å². The van der Waals surface area contributed by atoms with E-state index in [1.54, 1.807) is 0 Å². The molecule has 0 aromatic carbocycles. The molecule has 0 saturated carbocycles. The second-order valence-corrected chi connectivity index (χ2v) is 0.537. The van der Waals surface area contributed by atoms with Crippen LogP contribution < -0.4 is 0 Å². The Balaban J connectivity index is -0.0000000178. The molecule has 0 bridgehead atoms. The van der Waals surface area contributed by atoms with Gasteiger partial charge in [-0.15, -0.1) is 0 Å². The molecule has 0 spiro atoms. The molecule has 2 N–H and O–H groups in total. The molecule has 0 saturated heterocycles. The van der Waals surface area contributed by atoms with Gasteiger partial charge in [-0.05, 0) is 6.61 Å². The fourth-order valence-corrected chi connectivity index (χ4v) is 0.0833. The van der Waals surface area contributed by atoms with E-state index in [1.165, 1.54) is 6.26 Å². The predicted molar refractivity (Wildman–Crippen MR) is 44.2 cm³/mol. The normalized spacial score (nSPS) is 4.09. The van der Waals surface area contributed by atoms with E-state index in [2.05, 4.69) is 18.2 Å². The van der Waals surface area contributed by atoms with Crippen molar-refractivity contribution in [3.63, 3.8) is 0 Å². The Morgan fingerprint density at radius 1 is 1.36 bits per heavy atom. The fourth-order valence-electron chi connectivity index (χ4n) is 0.0833. The Labute approximate surface area is 85.0 Å². The van der Waals surface area contributed by atoms with Crippen LogP contribution >= 0.6 is 0 Å². The van der Waals surface area contributed by atoms with Crippen LogP contribution in [-0.2, 0) is 26.5 Å². The summed E-state index contributed by atoms with van der Waals surface area (Å²) in [5.74, 6) is 0. The summed E-state index contributed by atoms with van der Waals surface area (Å²) in [5.41, 5.74) is 0. The zero-order valence-electron chi connectivity index (χ0n) is 7.50. The van der Waals surface area contributed by atoms with E-state index in [0.717, 1.165) is 14.2 Å². The molecule has 0 radical (unpaired) electrons. The molecule has 0 fully saturated rings. The second kappa shape index (κ2) is 85.0. The molecule has 3 nitrogen and oxygen atoms in total. The molecule has 0 aliphatic carbocycles. The van der Waals surface area contributed by atoms with Gasteiger partial charge in [-0.2, -0.15) is 0 Å². The summed E-state index contributed by atoms with van der Waals surface area (Å²) >= 11 is 0. The first-order valence-electron chi connectivity index (χ1n) is 2.33. The molecule has 68 valence electrons. The van der Waals surface area contributed by atoms with Gasteiger partial charge < -0.3 is 29.3 Å². The third-order valence-corrected chi connectivity index (χ3v) is 0.236. The smallest absolute Gasteiger partial charge is 0.534 e. The van der Waals surface area contributed by atoms with Gasteiger partial charge in [0.25, 0.3) is 0 Å². The van der Waals surface area contributed by atoms with Gasteiger partial charge in [0.15, 0.2) is 0 Å². The molecule has 0 aromatic heterocycles. The van der Waals surface area contributed by atoms with Crippen molar-refractivity contribution >= 4 is 0 Å². The summed E-state index contributed by atoms with van der Waals surface area (Å²) in [7, 11) is 2.00. The van der Waals surface area contributed by atoms with E-state index in [0.29, 0.717) is 6.61 Å². The third kappa shape index (κ3) is 144. The summed E-state index contributed by atoms with van der Waals surface area (Å²) in [4.78, 5) is 0. The first-order chi connectivity index (χ1) is 4.41.